The minimum Gasteiger partial charge on any atom is -0.352 e. The molecule has 2 aromatic rings. The predicted octanol–water partition coefficient (Wildman–Crippen LogP) is 5.53. The minimum atomic E-state index is -3.59. The quantitative estimate of drug-likeness (QED) is 0.360. The summed E-state index contributed by atoms with van der Waals surface area (Å²) in [4.78, 5) is 27.7. The molecule has 0 heterocycles. The fraction of sp³-hybridized carbons (Fsp3) is 0.440. The van der Waals surface area contributed by atoms with Crippen molar-refractivity contribution >= 4 is 62.3 Å². The summed E-state index contributed by atoms with van der Waals surface area (Å²) >= 11 is 18.6. The van der Waals surface area contributed by atoms with Crippen molar-refractivity contribution in [2.45, 2.75) is 58.7 Å². The highest BCUT2D eigenvalue weighted by atomic mass is 35.5. The number of anilines is 1. The van der Waals surface area contributed by atoms with E-state index in [0.717, 1.165) is 12.7 Å². The molecule has 36 heavy (non-hydrogen) atoms. The monoisotopic (exact) mass is 575 g/mol. The van der Waals surface area contributed by atoms with E-state index in [1.54, 1.807) is 49.4 Å². The summed E-state index contributed by atoms with van der Waals surface area (Å²) in [6.07, 6.45) is 2.11. The molecular weight excluding hydrogens is 545 g/mol. The Morgan fingerprint density at radius 2 is 1.58 bits per heavy atom. The Kier molecular flexibility index (Phi) is 11.3. The number of hydrogen-bond donors (Lipinski definition) is 1. The SMILES string of the molecule is CCC(C)NC(=O)C(C)N(Cc1c(Cl)cccc1Cl)C(=O)CCCN(c1ccc(Cl)cc1)S(C)(=O)=O. The number of halogens is 3. The molecule has 0 aliphatic heterocycles. The molecule has 0 radical (unpaired) electrons. The Morgan fingerprint density at radius 3 is 2.11 bits per heavy atom. The van der Waals surface area contributed by atoms with Gasteiger partial charge in [-0.1, -0.05) is 47.8 Å². The number of hydrogen-bond acceptors (Lipinski definition) is 4. The van der Waals surface area contributed by atoms with E-state index in [9.17, 15) is 18.0 Å². The zero-order valence-corrected chi connectivity index (χ0v) is 23.9. The van der Waals surface area contributed by atoms with E-state index in [1.165, 1.54) is 9.21 Å². The van der Waals surface area contributed by atoms with E-state index in [0.29, 0.717) is 26.3 Å². The lowest BCUT2D eigenvalue weighted by Gasteiger charge is -2.30. The van der Waals surface area contributed by atoms with Crippen LogP contribution in [-0.4, -0.2) is 50.0 Å². The fourth-order valence-corrected chi connectivity index (χ4v) is 5.12. The maximum absolute atomic E-state index is 13.4. The minimum absolute atomic E-state index is 0.0165. The van der Waals surface area contributed by atoms with Gasteiger partial charge >= 0.3 is 0 Å². The maximum atomic E-state index is 13.4. The van der Waals surface area contributed by atoms with Gasteiger partial charge in [0, 0.05) is 46.2 Å². The van der Waals surface area contributed by atoms with Crippen LogP contribution in [0, 0.1) is 0 Å². The maximum Gasteiger partial charge on any atom is 0.242 e. The number of carbonyl (C=O) groups is 2. The van der Waals surface area contributed by atoms with Gasteiger partial charge in [-0.15, -0.1) is 0 Å². The molecule has 0 fully saturated rings. The molecule has 2 atom stereocenters. The summed E-state index contributed by atoms with van der Waals surface area (Å²) in [5, 5.41) is 4.17. The van der Waals surface area contributed by atoms with Crippen LogP contribution in [-0.2, 0) is 26.2 Å². The van der Waals surface area contributed by atoms with Gasteiger partial charge in [-0.25, -0.2) is 8.42 Å². The molecule has 0 aromatic heterocycles. The van der Waals surface area contributed by atoms with Crippen LogP contribution < -0.4 is 9.62 Å². The Hall–Kier alpha value is -2.00. The summed E-state index contributed by atoms with van der Waals surface area (Å²) in [5.41, 5.74) is 0.992. The topological polar surface area (TPSA) is 86.8 Å². The average Bonchev–Trinajstić information content (AvgIpc) is 2.81. The number of sulfonamides is 1. The highest BCUT2D eigenvalue weighted by molar-refractivity contribution is 7.92. The van der Waals surface area contributed by atoms with Crippen LogP contribution in [0.3, 0.4) is 0 Å². The van der Waals surface area contributed by atoms with Crippen molar-refractivity contribution in [3.8, 4) is 0 Å². The number of rotatable bonds is 12. The molecule has 0 spiro atoms. The number of amides is 2. The fourth-order valence-electron chi connectivity index (χ4n) is 3.51. The molecule has 2 unspecified atom stereocenters. The second-order valence-corrected chi connectivity index (χ2v) is 11.8. The van der Waals surface area contributed by atoms with Gasteiger partial charge < -0.3 is 10.2 Å². The standard InChI is InChI=1S/C25H32Cl3N3O4S/c1-5-17(2)29-25(33)18(3)30(16-21-22(27)8-6-9-23(21)28)24(32)10-7-15-31(36(4,34)35)20-13-11-19(26)12-14-20/h6,8-9,11-14,17-18H,5,7,10,15-16H2,1-4H3,(H,29,33). The lowest BCUT2D eigenvalue weighted by atomic mass is 10.1. The molecule has 0 bridgehead atoms. The van der Waals surface area contributed by atoms with Crippen molar-refractivity contribution < 1.29 is 18.0 Å². The van der Waals surface area contributed by atoms with E-state index in [4.69, 9.17) is 34.8 Å². The second-order valence-electron chi connectivity index (χ2n) is 8.63. The number of nitrogens with one attached hydrogen (secondary N) is 1. The number of benzene rings is 2. The first-order valence-corrected chi connectivity index (χ1v) is 14.6. The first kappa shape index (κ1) is 30.2. The first-order chi connectivity index (χ1) is 16.8. The lowest BCUT2D eigenvalue weighted by Crippen LogP contribution is -2.49. The van der Waals surface area contributed by atoms with Gasteiger partial charge in [-0.05, 0) is 63.1 Å². The van der Waals surface area contributed by atoms with Crippen molar-refractivity contribution in [1.82, 2.24) is 10.2 Å². The molecule has 2 aromatic carbocycles. The Labute approximate surface area is 228 Å². The molecule has 1 N–H and O–H groups in total. The van der Waals surface area contributed by atoms with Crippen LogP contribution in [0.4, 0.5) is 5.69 Å². The third-order valence-electron chi connectivity index (χ3n) is 5.83. The van der Waals surface area contributed by atoms with E-state index in [2.05, 4.69) is 5.32 Å². The van der Waals surface area contributed by atoms with Crippen molar-refractivity contribution in [1.29, 1.82) is 0 Å². The smallest absolute Gasteiger partial charge is 0.242 e. The van der Waals surface area contributed by atoms with Crippen LogP contribution in [0.25, 0.3) is 0 Å². The molecule has 0 aliphatic carbocycles. The van der Waals surface area contributed by atoms with E-state index < -0.39 is 16.1 Å². The van der Waals surface area contributed by atoms with Crippen LogP contribution >= 0.6 is 34.8 Å². The predicted molar refractivity (Wildman–Crippen MR) is 147 cm³/mol. The van der Waals surface area contributed by atoms with Gasteiger partial charge in [0.2, 0.25) is 21.8 Å². The van der Waals surface area contributed by atoms with Crippen LogP contribution in [0.1, 0.15) is 45.6 Å². The van der Waals surface area contributed by atoms with Gasteiger partial charge in [0.05, 0.1) is 11.9 Å². The Bertz CT molecular complexity index is 1140. The van der Waals surface area contributed by atoms with E-state index in [-0.39, 0.29) is 43.8 Å². The summed E-state index contributed by atoms with van der Waals surface area (Å²) in [5.74, 6) is -0.609. The van der Waals surface area contributed by atoms with Crippen LogP contribution in [0.15, 0.2) is 42.5 Å². The number of nitrogens with zero attached hydrogens (tertiary/aromatic N) is 2. The molecule has 0 aliphatic rings. The molecule has 0 saturated heterocycles. The zero-order chi connectivity index (χ0) is 27.0. The van der Waals surface area contributed by atoms with Crippen LogP contribution in [0.5, 0.6) is 0 Å². The highest BCUT2D eigenvalue weighted by Gasteiger charge is 2.28. The molecule has 11 heteroatoms. The van der Waals surface area contributed by atoms with Gasteiger partial charge in [0.25, 0.3) is 0 Å². The van der Waals surface area contributed by atoms with Crippen molar-refractivity contribution in [2.75, 3.05) is 17.1 Å². The van der Waals surface area contributed by atoms with Crippen LogP contribution in [0.2, 0.25) is 15.1 Å². The normalized spacial score (nSPS) is 13.1. The molecule has 2 rings (SSSR count). The Morgan fingerprint density at radius 1 is 1.00 bits per heavy atom. The summed E-state index contributed by atoms with van der Waals surface area (Å²) in [6, 6.07) is 10.6. The Balaban J connectivity index is 2.22. The van der Waals surface area contributed by atoms with E-state index >= 15 is 0 Å². The number of carbonyl (C=O) groups excluding carboxylic acids is 2. The summed E-state index contributed by atoms with van der Waals surface area (Å²) in [6.45, 7) is 5.62. The molecule has 7 nitrogen and oxygen atoms in total. The highest BCUT2D eigenvalue weighted by Crippen LogP contribution is 2.27. The largest absolute Gasteiger partial charge is 0.352 e. The average molecular weight is 577 g/mol. The van der Waals surface area contributed by atoms with Crippen molar-refractivity contribution in [3.05, 3.63) is 63.1 Å². The third-order valence-corrected chi connectivity index (χ3v) is 7.98. The third kappa shape index (κ3) is 8.54. The lowest BCUT2D eigenvalue weighted by molar-refractivity contribution is -0.140. The van der Waals surface area contributed by atoms with Gasteiger partial charge in [-0.2, -0.15) is 0 Å². The second kappa shape index (κ2) is 13.5. The van der Waals surface area contributed by atoms with E-state index in [1.807, 2.05) is 13.8 Å². The first-order valence-electron chi connectivity index (χ1n) is 11.6. The molecular formula is C25H32Cl3N3O4S. The molecule has 198 valence electrons. The molecule has 2 amide bonds. The van der Waals surface area contributed by atoms with Gasteiger partial charge in [0.15, 0.2) is 0 Å². The summed E-state index contributed by atoms with van der Waals surface area (Å²) < 4.78 is 26.0. The zero-order valence-electron chi connectivity index (χ0n) is 20.8. The van der Waals surface area contributed by atoms with Gasteiger partial charge in [-0.3, -0.25) is 13.9 Å². The van der Waals surface area contributed by atoms with Crippen molar-refractivity contribution in [2.24, 2.45) is 0 Å². The van der Waals surface area contributed by atoms with Gasteiger partial charge in [0.1, 0.15) is 6.04 Å². The summed E-state index contributed by atoms with van der Waals surface area (Å²) in [7, 11) is -3.59. The van der Waals surface area contributed by atoms with Crippen molar-refractivity contribution in [3.63, 3.8) is 0 Å². The molecule has 0 saturated carbocycles.